The van der Waals surface area contributed by atoms with E-state index in [1.807, 2.05) is 0 Å². The third-order valence-corrected chi connectivity index (χ3v) is 6.68. The molecule has 0 aliphatic heterocycles. The van der Waals surface area contributed by atoms with Gasteiger partial charge in [-0.25, -0.2) is 0 Å². The maximum absolute atomic E-state index is 4.92. The van der Waals surface area contributed by atoms with E-state index in [0.717, 1.165) is 5.92 Å². The maximum Gasteiger partial charge on any atom is 0.0101 e. The Balaban J connectivity index is 3.57. The van der Waals surface area contributed by atoms with Gasteiger partial charge >= 0.3 is 0 Å². The number of hydrogen-bond donors (Lipinski definition) is 1. The zero-order valence-corrected chi connectivity index (χ0v) is 20.6. The van der Waals surface area contributed by atoms with Crippen LogP contribution in [0.1, 0.15) is 156 Å². The van der Waals surface area contributed by atoms with Gasteiger partial charge in [0.15, 0.2) is 0 Å². The highest BCUT2D eigenvalue weighted by Gasteiger charge is 2.24. The monoisotopic (exact) mass is 398 g/mol. The molecule has 0 heterocycles. The summed E-state index contributed by atoms with van der Waals surface area (Å²) >= 11 is 4.92. The second-order valence-electron chi connectivity index (χ2n) is 9.58. The van der Waals surface area contributed by atoms with Crippen LogP contribution < -0.4 is 0 Å². The highest BCUT2D eigenvalue weighted by molar-refractivity contribution is 7.81. The molecule has 0 fully saturated rings. The van der Waals surface area contributed by atoms with Gasteiger partial charge in [-0.1, -0.05) is 143 Å². The van der Waals surface area contributed by atoms with Crippen LogP contribution in [0, 0.1) is 5.92 Å². The van der Waals surface area contributed by atoms with Crippen molar-refractivity contribution in [1.29, 1.82) is 0 Å². The van der Waals surface area contributed by atoms with Crippen molar-refractivity contribution in [3.63, 3.8) is 0 Å². The van der Waals surface area contributed by atoms with Crippen LogP contribution in [0.25, 0.3) is 0 Å². The van der Waals surface area contributed by atoms with E-state index in [1.54, 1.807) is 0 Å². The van der Waals surface area contributed by atoms with Crippen LogP contribution in [0.3, 0.4) is 0 Å². The van der Waals surface area contributed by atoms with Gasteiger partial charge in [-0.05, 0) is 18.8 Å². The SMILES string of the molecule is CCCCCCCCCCCCCCC(CCCCCCCC)C(C)(C)S. The fraction of sp³-hybridized carbons (Fsp3) is 1.00. The molecule has 0 aromatic heterocycles. The van der Waals surface area contributed by atoms with Gasteiger partial charge in [0.05, 0.1) is 0 Å². The summed E-state index contributed by atoms with van der Waals surface area (Å²) < 4.78 is 0.196. The van der Waals surface area contributed by atoms with Gasteiger partial charge in [-0.2, -0.15) is 12.6 Å². The van der Waals surface area contributed by atoms with Crippen molar-refractivity contribution in [2.24, 2.45) is 5.92 Å². The first-order valence-electron chi connectivity index (χ1n) is 12.7. The minimum Gasteiger partial charge on any atom is -0.173 e. The lowest BCUT2D eigenvalue weighted by Gasteiger charge is -2.30. The minimum absolute atomic E-state index is 0.196. The number of hydrogen-bond acceptors (Lipinski definition) is 1. The predicted octanol–water partition coefficient (Wildman–Crippen LogP) is 10.2. The summed E-state index contributed by atoms with van der Waals surface area (Å²) in [6.45, 7) is 9.26. The Hall–Kier alpha value is 0.350. The molecule has 1 heteroatoms. The Morgan fingerprint density at radius 3 is 1.00 bits per heavy atom. The van der Waals surface area contributed by atoms with Gasteiger partial charge in [0.2, 0.25) is 0 Å². The van der Waals surface area contributed by atoms with Crippen molar-refractivity contribution in [1.82, 2.24) is 0 Å². The molecular formula is C26H54S. The second kappa shape index (κ2) is 19.7. The van der Waals surface area contributed by atoms with E-state index in [2.05, 4.69) is 27.7 Å². The first-order chi connectivity index (χ1) is 13.0. The van der Waals surface area contributed by atoms with Gasteiger partial charge in [0, 0.05) is 4.75 Å². The van der Waals surface area contributed by atoms with Crippen LogP contribution in [0.2, 0.25) is 0 Å². The molecule has 0 saturated heterocycles. The smallest absolute Gasteiger partial charge is 0.0101 e. The first kappa shape index (κ1) is 27.4. The standard InChI is InChI=1S/C26H54S/c1-5-7-9-11-13-14-15-16-17-18-20-22-24-25(26(3,4)27)23-21-19-12-10-8-6-2/h25,27H,5-24H2,1-4H3. The van der Waals surface area contributed by atoms with E-state index in [0.29, 0.717) is 0 Å². The van der Waals surface area contributed by atoms with Crippen molar-refractivity contribution in [3.05, 3.63) is 0 Å². The third kappa shape index (κ3) is 19.4. The van der Waals surface area contributed by atoms with Crippen LogP contribution in [0.5, 0.6) is 0 Å². The Morgan fingerprint density at radius 2 is 0.741 bits per heavy atom. The van der Waals surface area contributed by atoms with Crippen molar-refractivity contribution < 1.29 is 0 Å². The molecule has 0 aliphatic carbocycles. The lowest BCUT2D eigenvalue weighted by molar-refractivity contribution is 0.342. The number of rotatable bonds is 21. The summed E-state index contributed by atoms with van der Waals surface area (Å²) in [7, 11) is 0. The van der Waals surface area contributed by atoms with E-state index in [4.69, 9.17) is 12.6 Å². The second-order valence-corrected chi connectivity index (χ2v) is 10.7. The summed E-state index contributed by atoms with van der Waals surface area (Å²) in [5.74, 6) is 0.801. The number of unbranched alkanes of at least 4 members (excludes halogenated alkanes) is 16. The molecule has 1 unspecified atom stereocenters. The zero-order chi connectivity index (χ0) is 20.2. The molecule has 0 spiro atoms. The molecule has 0 radical (unpaired) electrons. The van der Waals surface area contributed by atoms with E-state index in [-0.39, 0.29) is 4.75 Å². The molecule has 0 rings (SSSR count). The number of thiol groups is 1. The quantitative estimate of drug-likeness (QED) is 0.144. The van der Waals surface area contributed by atoms with Crippen molar-refractivity contribution >= 4 is 12.6 Å². The molecule has 0 aromatic carbocycles. The van der Waals surface area contributed by atoms with E-state index < -0.39 is 0 Å². The summed E-state index contributed by atoms with van der Waals surface area (Å²) in [5, 5.41) is 0. The van der Waals surface area contributed by atoms with E-state index in [1.165, 1.54) is 128 Å². The Labute approximate surface area is 179 Å². The molecule has 0 aliphatic rings. The van der Waals surface area contributed by atoms with Crippen LogP contribution in [0.4, 0.5) is 0 Å². The molecule has 27 heavy (non-hydrogen) atoms. The summed E-state index contributed by atoms with van der Waals surface area (Å²) in [4.78, 5) is 0. The molecule has 164 valence electrons. The molecule has 0 amide bonds. The minimum atomic E-state index is 0.196. The van der Waals surface area contributed by atoms with E-state index in [9.17, 15) is 0 Å². The maximum atomic E-state index is 4.92. The van der Waals surface area contributed by atoms with Crippen molar-refractivity contribution in [3.8, 4) is 0 Å². The largest absolute Gasteiger partial charge is 0.173 e. The average molecular weight is 399 g/mol. The highest BCUT2D eigenvalue weighted by Crippen LogP contribution is 2.33. The third-order valence-electron chi connectivity index (χ3n) is 6.31. The Bertz CT molecular complexity index is 278. The summed E-state index contributed by atoms with van der Waals surface area (Å²) in [6, 6.07) is 0. The van der Waals surface area contributed by atoms with Crippen molar-refractivity contribution in [2.45, 2.75) is 161 Å². The van der Waals surface area contributed by atoms with Gasteiger partial charge in [-0.15, -0.1) is 0 Å². The molecule has 0 bridgehead atoms. The molecule has 1 atom stereocenters. The van der Waals surface area contributed by atoms with Gasteiger partial charge in [-0.3, -0.25) is 0 Å². The Morgan fingerprint density at radius 1 is 0.481 bits per heavy atom. The summed E-state index contributed by atoms with van der Waals surface area (Å²) in [5.41, 5.74) is 0. The lowest BCUT2D eigenvalue weighted by atomic mass is 9.85. The van der Waals surface area contributed by atoms with Gasteiger partial charge in [0.1, 0.15) is 0 Å². The van der Waals surface area contributed by atoms with Crippen LogP contribution in [-0.2, 0) is 0 Å². The molecule has 0 saturated carbocycles. The van der Waals surface area contributed by atoms with Crippen LogP contribution >= 0.6 is 12.6 Å². The van der Waals surface area contributed by atoms with Gasteiger partial charge in [0.25, 0.3) is 0 Å². The molecule has 0 aromatic rings. The first-order valence-corrected chi connectivity index (χ1v) is 13.2. The fourth-order valence-corrected chi connectivity index (χ4v) is 4.51. The highest BCUT2D eigenvalue weighted by atomic mass is 32.1. The van der Waals surface area contributed by atoms with Gasteiger partial charge < -0.3 is 0 Å². The van der Waals surface area contributed by atoms with Crippen LogP contribution in [0.15, 0.2) is 0 Å². The molecular weight excluding hydrogens is 344 g/mol. The van der Waals surface area contributed by atoms with Crippen LogP contribution in [-0.4, -0.2) is 4.75 Å². The molecule has 0 nitrogen and oxygen atoms in total. The topological polar surface area (TPSA) is 0 Å². The Kier molecular flexibility index (Phi) is 19.9. The van der Waals surface area contributed by atoms with E-state index >= 15 is 0 Å². The normalized spacial score (nSPS) is 13.2. The summed E-state index contributed by atoms with van der Waals surface area (Å²) in [6.07, 6.45) is 28.6. The average Bonchev–Trinajstić information content (AvgIpc) is 2.62. The van der Waals surface area contributed by atoms with Crippen molar-refractivity contribution in [2.75, 3.05) is 0 Å². The lowest BCUT2D eigenvalue weighted by Crippen LogP contribution is -2.24. The molecule has 0 N–H and O–H groups in total. The predicted molar refractivity (Wildman–Crippen MR) is 130 cm³/mol. The fourth-order valence-electron chi connectivity index (χ4n) is 4.25. The zero-order valence-electron chi connectivity index (χ0n) is 19.7.